The first kappa shape index (κ1) is 21.9. The van der Waals surface area contributed by atoms with Gasteiger partial charge in [-0.2, -0.15) is 0 Å². The fourth-order valence-corrected chi connectivity index (χ4v) is 4.10. The molecule has 5 nitrogen and oxygen atoms in total. The number of rotatable bonds is 5. The Hall–Kier alpha value is -1.35. The quantitative estimate of drug-likeness (QED) is 0.388. The Bertz CT molecular complexity index is 737. The summed E-state index contributed by atoms with van der Waals surface area (Å²) in [5.41, 5.74) is 2.64. The number of aliphatic imine (C=N–C) groups is 1. The highest BCUT2D eigenvalue weighted by atomic mass is 127. The van der Waals surface area contributed by atoms with Crippen LogP contribution in [-0.2, 0) is 12.8 Å². The third kappa shape index (κ3) is 6.07. The predicted molar refractivity (Wildman–Crippen MR) is 127 cm³/mol. The molecule has 0 aliphatic carbocycles. The standard InChI is InChI=1S/C20H29N5S.HI/c1-4-18-15-23-19(26-18)8-9-22-20(21-3)25-12-10-24(11-13-25)17-7-5-6-16(2)14-17;/h5-7,14-15H,4,8-13H2,1-3H3,(H,21,22);1H. The van der Waals surface area contributed by atoms with Gasteiger partial charge in [0.2, 0.25) is 0 Å². The zero-order valence-electron chi connectivity index (χ0n) is 16.4. The molecule has 0 saturated carbocycles. The van der Waals surface area contributed by atoms with Crippen LogP contribution in [0.1, 0.15) is 22.4 Å². The fraction of sp³-hybridized carbons (Fsp3) is 0.500. The molecule has 0 spiro atoms. The zero-order chi connectivity index (χ0) is 18.4. The van der Waals surface area contributed by atoms with Gasteiger partial charge in [0.1, 0.15) is 0 Å². The van der Waals surface area contributed by atoms with Gasteiger partial charge in [-0.1, -0.05) is 19.1 Å². The van der Waals surface area contributed by atoms with Gasteiger partial charge in [-0.3, -0.25) is 4.99 Å². The number of aryl methyl sites for hydroxylation is 2. The molecule has 0 bridgehead atoms. The second-order valence-electron chi connectivity index (χ2n) is 6.61. The van der Waals surface area contributed by atoms with Gasteiger partial charge < -0.3 is 15.1 Å². The SMILES string of the molecule is CCc1cnc(CCNC(=NC)N2CCN(c3cccc(C)c3)CC2)s1.I. The van der Waals surface area contributed by atoms with Crippen molar-refractivity contribution in [3.05, 3.63) is 45.9 Å². The van der Waals surface area contributed by atoms with E-state index in [9.17, 15) is 0 Å². The van der Waals surface area contributed by atoms with Crippen molar-refractivity contribution < 1.29 is 0 Å². The first-order valence-corrected chi connectivity index (χ1v) is 10.2. The summed E-state index contributed by atoms with van der Waals surface area (Å²) >= 11 is 1.82. The summed E-state index contributed by atoms with van der Waals surface area (Å²) in [6.45, 7) is 9.23. The second kappa shape index (κ2) is 10.8. The molecule has 1 aromatic heterocycles. The van der Waals surface area contributed by atoms with Crippen LogP contribution in [0, 0.1) is 6.92 Å². The molecule has 1 N–H and O–H groups in total. The molecule has 3 rings (SSSR count). The molecule has 7 heteroatoms. The van der Waals surface area contributed by atoms with E-state index in [0.29, 0.717) is 0 Å². The second-order valence-corrected chi connectivity index (χ2v) is 7.81. The highest BCUT2D eigenvalue weighted by molar-refractivity contribution is 14.0. The minimum Gasteiger partial charge on any atom is -0.368 e. The lowest BCUT2D eigenvalue weighted by atomic mass is 10.2. The van der Waals surface area contributed by atoms with E-state index in [1.165, 1.54) is 21.1 Å². The van der Waals surface area contributed by atoms with Crippen molar-refractivity contribution in [2.24, 2.45) is 4.99 Å². The number of hydrogen-bond donors (Lipinski definition) is 1. The van der Waals surface area contributed by atoms with E-state index in [1.54, 1.807) is 0 Å². The summed E-state index contributed by atoms with van der Waals surface area (Å²) in [7, 11) is 1.87. The Kier molecular flexibility index (Phi) is 8.82. The van der Waals surface area contributed by atoms with Crippen molar-refractivity contribution in [2.45, 2.75) is 26.7 Å². The number of hydrogen-bond acceptors (Lipinski definition) is 4. The molecule has 1 aliphatic heterocycles. The summed E-state index contributed by atoms with van der Waals surface area (Å²) in [6.07, 6.45) is 4.02. The van der Waals surface area contributed by atoms with Crippen LogP contribution in [0.5, 0.6) is 0 Å². The maximum atomic E-state index is 4.49. The smallest absolute Gasteiger partial charge is 0.193 e. The van der Waals surface area contributed by atoms with Gasteiger partial charge in [0, 0.05) is 63.0 Å². The van der Waals surface area contributed by atoms with Crippen LogP contribution in [0.2, 0.25) is 0 Å². The maximum absolute atomic E-state index is 4.49. The number of anilines is 1. The molecule has 0 amide bonds. The van der Waals surface area contributed by atoms with Crippen LogP contribution in [-0.4, -0.2) is 55.6 Å². The van der Waals surface area contributed by atoms with Gasteiger partial charge in [0.15, 0.2) is 5.96 Å². The number of aromatic nitrogens is 1. The predicted octanol–water partition coefficient (Wildman–Crippen LogP) is 3.57. The summed E-state index contributed by atoms with van der Waals surface area (Å²) in [4.78, 5) is 15.1. The Balaban J connectivity index is 0.00000261. The van der Waals surface area contributed by atoms with Crippen LogP contribution < -0.4 is 10.2 Å². The average Bonchev–Trinajstić information content (AvgIpc) is 3.13. The van der Waals surface area contributed by atoms with E-state index >= 15 is 0 Å². The zero-order valence-corrected chi connectivity index (χ0v) is 19.6. The Labute approximate surface area is 183 Å². The molecule has 1 fully saturated rings. The van der Waals surface area contributed by atoms with E-state index in [1.807, 2.05) is 24.6 Å². The highest BCUT2D eigenvalue weighted by Gasteiger charge is 2.19. The molecule has 2 heterocycles. The Morgan fingerprint density at radius 1 is 1.26 bits per heavy atom. The lowest BCUT2D eigenvalue weighted by Crippen LogP contribution is -2.52. The number of halogens is 1. The summed E-state index contributed by atoms with van der Waals surface area (Å²) in [6, 6.07) is 8.76. The molecule has 27 heavy (non-hydrogen) atoms. The Morgan fingerprint density at radius 3 is 2.67 bits per heavy atom. The fourth-order valence-electron chi connectivity index (χ4n) is 3.24. The first-order valence-electron chi connectivity index (χ1n) is 9.40. The van der Waals surface area contributed by atoms with Crippen LogP contribution >= 0.6 is 35.3 Å². The molecular formula is C20H30IN5S. The van der Waals surface area contributed by atoms with Gasteiger partial charge in [0.25, 0.3) is 0 Å². The van der Waals surface area contributed by atoms with Crippen LogP contribution in [0.15, 0.2) is 35.5 Å². The minimum atomic E-state index is 0. The normalized spacial score (nSPS) is 14.9. The van der Waals surface area contributed by atoms with Crippen molar-refractivity contribution in [3.63, 3.8) is 0 Å². The van der Waals surface area contributed by atoms with E-state index in [2.05, 4.69) is 63.2 Å². The first-order chi connectivity index (χ1) is 12.7. The van der Waals surface area contributed by atoms with Crippen molar-refractivity contribution in [3.8, 4) is 0 Å². The van der Waals surface area contributed by atoms with Crippen LogP contribution in [0.4, 0.5) is 5.69 Å². The maximum Gasteiger partial charge on any atom is 0.193 e. The summed E-state index contributed by atoms with van der Waals surface area (Å²) < 4.78 is 0. The molecule has 1 aliphatic rings. The van der Waals surface area contributed by atoms with Gasteiger partial charge >= 0.3 is 0 Å². The Morgan fingerprint density at radius 2 is 2.04 bits per heavy atom. The molecule has 0 radical (unpaired) electrons. The lowest BCUT2D eigenvalue weighted by Gasteiger charge is -2.37. The molecule has 0 atom stereocenters. The monoisotopic (exact) mass is 499 g/mol. The lowest BCUT2D eigenvalue weighted by molar-refractivity contribution is 0.373. The number of nitrogens with one attached hydrogen (secondary N) is 1. The number of guanidine groups is 1. The van der Waals surface area contributed by atoms with Crippen LogP contribution in [0.25, 0.3) is 0 Å². The number of piperazine rings is 1. The van der Waals surface area contributed by atoms with Crippen molar-refractivity contribution >= 4 is 47.0 Å². The third-order valence-electron chi connectivity index (χ3n) is 4.73. The van der Waals surface area contributed by atoms with Crippen molar-refractivity contribution in [1.29, 1.82) is 0 Å². The van der Waals surface area contributed by atoms with E-state index in [4.69, 9.17) is 0 Å². The summed E-state index contributed by atoms with van der Waals surface area (Å²) in [5.74, 6) is 1.00. The largest absolute Gasteiger partial charge is 0.368 e. The number of nitrogens with zero attached hydrogens (tertiary/aromatic N) is 4. The minimum absolute atomic E-state index is 0. The van der Waals surface area contributed by atoms with E-state index in [-0.39, 0.29) is 24.0 Å². The molecule has 0 unspecified atom stereocenters. The van der Waals surface area contributed by atoms with Crippen molar-refractivity contribution in [2.75, 3.05) is 44.7 Å². The van der Waals surface area contributed by atoms with Gasteiger partial charge in [-0.15, -0.1) is 35.3 Å². The topological polar surface area (TPSA) is 43.8 Å². The molecule has 1 aromatic carbocycles. The molecule has 1 saturated heterocycles. The number of benzene rings is 1. The average molecular weight is 499 g/mol. The number of thiazole rings is 1. The van der Waals surface area contributed by atoms with Gasteiger partial charge in [-0.25, -0.2) is 4.98 Å². The molecular weight excluding hydrogens is 469 g/mol. The van der Waals surface area contributed by atoms with Crippen molar-refractivity contribution in [1.82, 2.24) is 15.2 Å². The van der Waals surface area contributed by atoms with Crippen LogP contribution in [0.3, 0.4) is 0 Å². The molecule has 2 aromatic rings. The highest BCUT2D eigenvalue weighted by Crippen LogP contribution is 2.18. The van der Waals surface area contributed by atoms with E-state index in [0.717, 1.165) is 51.5 Å². The third-order valence-corrected chi connectivity index (χ3v) is 5.93. The van der Waals surface area contributed by atoms with Gasteiger partial charge in [0.05, 0.1) is 5.01 Å². The van der Waals surface area contributed by atoms with E-state index < -0.39 is 0 Å². The van der Waals surface area contributed by atoms with Gasteiger partial charge in [-0.05, 0) is 31.0 Å². The molecule has 148 valence electrons. The summed E-state index contributed by atoms with van der Waals surface area (Å²) in [5, 5.41) is 4.71.